The summed E-state index contributed by atoms with van der Waals surface area (Å²) >= 11 is 1.19. The first kappa shape index (κ1) is 21.1. The van der Waals surface area contributed by atoms with E-state index in [2.05, 4.69) is 5.32 Å². The second-order valence-electron chi connectivity index (χ2n) is 8.03. The van der Waals surface area contributed by atoms with Gasteiger partial charge in [0, 0.05) is 41.7 Å². The molecule has 1 N–H and O–H groups in total. The fourth-order valence-corrected chi connectivity index (χ4v) is 7.28. The number of carbonyl (C=O) groups excluding carboxylic acids is 2. The second kappa shape index (κ2) is 7.99. The minimum absolute atomic E-state index is 0.0294. The predicted molar refractivity (Wildman–Crippen MR) is 126 cm³/mol. The van der Waals surface area contributed by atoms with Gasteiger partial charge in [0.25, 0.3) is 15.9 Å². The zero-order valence-corrected chi connectivity index (χ0v) is 19.2. The molecule has 5 rings (SSSR count). The van der Waals surface area contributed by atoms with Gasteiger partial charge in [0.05, 0.1) is 11.6 Å². The Kier molecular flexibility index (Phi) is 5.27. The van der Waals surface area contributed by atoms with Crippen LogP contribution >= 0.6 is 11.3 Å². The Labute approximate surface area is 190 Å². The Hall–Kier alpha value is -2.75. The lowest BCUT2D eigenvalue weighted by molar-refractivity contribution is -0.120. The number of hydrogen-bond acceptors (Lipinski definition) is 5. The Morgan fingerprint density at radius 3 is 2.78 bits per heavy atom. The maximum absolute atomic E-state index is 13.1. The third-order valence-corrected chi connectivity index (χ3v) is 9.44. The lowest BCUT2D eigenvalue weighted by Crippen LogP contribution is -2.43. The maximum Gasteiger partial charge on any atom is 0.258 e. The van der Waals surface area contributed by atoms with E-state index >= 15 is 0 Å². The van der Waals surface area contributed by atoms with Gasteiger partial charge in [-0.2, -0.15) is 4.31 Å². The van der Waals surface area contributed by atoms with Crippen molar-refractivity contribution in [2.45, 2.75) is 24.0 Å². The Bertz CT molecular complexity index is 1320. The van der Waals surface area contributed by atoms with E-state index in [1.165, 1.54) is 15.6 Å². The zero-order valence-electron chi connectivity index (χ0n) is 17.6. The number of hydrogen-bond donors (Lipinski definition) is 1. The zero-order chi connectivity index (χ0) is 22.5. The standard InChI is InChI=1S/C23H23N3O4S2/c1-2-26-19-11-10-18(16-7-3-8-17(21(16)19)23(26)28)24-22(27)15-6-4-12-25(14-15)32(29,30)20-9-5-13-31-20/h3,5,7-11,13,15H,2,4,6,12,14H2,1H3,(H,24,27). The lowest BCUT2D eigenvalue weighted by Gasteiger charge is -2.30. The molecule has 2 aromatic carbocycles. The highest BCUT2D eigenvalue weighted by Crippen LogP contribution is 2.40. The minimum Gasteiger partial charge on any atom is -0.325 e. The van der Waals surface area contributed by atoms with Crippen molar-refractivity contribution in [3.05, 3.63) is 53.4 Å². The third-order valence-electron chi connectivity index (χ3n) is 6.20. The Balaban J connectivity index is 1.40. The normalized spacial score (nSPS) is 19.0. The first-order valence-corrected chi connectivity index (χ1v) is 13.0. The molecule has 2 aliphatic rings. The van der Waals surface area contributed by atoms with E-state index in [9.17, 15) is 18.0 Å². The first-order valence-electron chi connectivity index (χ1n) is 10.6. The quantitative estimate of drug-likeness (QED) is 0.614. The van der Waals surface area contributed by atoms with E-state index in [-0.39, 0.29) is 18.4 Å². The van der Waals surface area contributed by atoms with Gasteiger partial charge in [-0.3, -0.25) is 9.59 Å². The van der Waals surface area contributed by atoms with Crippen LogP contribution in [0.4, 0.5) is 11.4 Å². The van der Waals surface area contributed by atoms with Crippen molar-refractivity contribution in [1.29, 1.82) is 0 Å². The molecule has 9 heteroatoms. The van der Waals surface area contributed by atoms with Crippen LogP contribution in [0.1, 0.15) is 30.1 Å². The molecule has 1 atom stereocenters. The predicted octanol–water partition coefficient (Wildman–Crippen LogP) is 3.92. The van der Waals surface area contributed by atoms with Crippen molar-refractivity contribution in [1.82, 2.24) is 4.31 Å². The molecule has 2 aliphatic heterocycles. The summed E-state index contributed by atoms with van der Waals surface area (Å²) in [5.41, 5.74) is 2.13. The van der Waals surface area contributed by atoms with E-state index in [0.29, 0.717) is 41.4 Å². The first-order chi connectivity index (χ1) is 15.4. The molecule has 1 aromatic heterocycles. The summed E-state index contributed by atoms with van der Waals surface area (Å²) in [7, 11) is -3.58. The third kappa shape index (κ3) is 3.32. The summed E-state index contributed by atoms with van der Waals surface area (Å²) in [6.45, 7) is 3.09. The minimum atomic E-state index is -3.58. The number of nitrogens with zero attached hydrogens (tertiary/aromatic N) is 2. The van der Waals surface area contributed by atoms with Crippen LogP contribution < -0.4 is 10.2 Å². The average Bonchev–Trinajstić information content (AvgIpc) is 3.44. The SMILES string of the molecule is CCN1C(=O)c2cccc3c(NC(=O)C4CCCN(S(=O)(=O)c5cccs5)C4)ccc1c23. The van der Waals surface area contributed by atoms with Crippen molar-refractivity contribution >= 4 is 55.3 Å². The van der Waals surface area contributed by atoms with Gasteiger partial charge in [-0.15, -0.1) is 11.3 Å². The van der Waals surface area contributed by atoms with Gasteiger partial charge in [0.15, 0.2) is 0 Å². The Morgan fingerprint density at radius 1 is 1.19 bits per heavy atom. The molecular weight excluding hydrogens is 446 g/mol. The molecule has 0 saturated carbocycles. The fourth-order valence-electron chi connectivity index (χ4n) is 4.62. The molecule has 3 heterocycles. The van der Waals surface area contributed by atoms with E-state index in [4.69, 9.17) is 0 Å². The fraction of sp³-hybridized carbons (Fsp3) is 0.304. The number of thiophene rings is 1. The second-order valence-corrected chi connectivity index (χ2v) is 11.1. The number of sulfonamides is 1. The molecule has 0 aliphatic carbocycles. The van der Waals surface area contributed by atoms with E-state index in [1.54, 1.807) is 22.4 Å². The maximum atomic E-state index is 13.1. The van der Waals surface area contributed by atoms with Gasteiger partial charge < -0.3 is 10.2 Å². The topological polar surface area (TPSA) is 86.8 Å². The molecule has 32 heavy (non-hydrogen) atoms. The van der Waals surface area contributed by atoms with Crippen LogP contribution in [0.5, 0.6) is 0 Å². The smallest absolute Gasteiger partial charge is 0.258 e. The number of benzene rings is 2. The van der Waals surface area contributed by atoms with Crippen LogP contribution in [0.15, 0.2) is 52.1 Å². The van der Waals surface area contributed by atoms with Crippen molar-refractivity contribution in [3.8, 4) is 0 Å². The summed E-state index contributed by atoms with van der Waals surface area (Å²) < 4.78 is 27.5. The lowest BCUT2D eigenvalue weighted by atomic mass is 9.98. The molecule has 0 radical (unpaired) electrons. The van der Waals surface area contributed by atoms with Gasteiger partial charge in [-0.05, 0) is 49.4 Å². The van der Waals surface area contributed by atoms with E-state index in [0.717, 1.165) is 16.5 Å². The van der Waals surface area contributed by atoms with E-state index < -0.39 is 15.9 Å². The van der Waals surface area contributed by atoms with Crippen LogP contribution in [-0.2, 0) is 14.8 Å². The molecule has 3 aromatic rings. The molecule has 1 unspecified atom stereocenters. The number of amides is 2. The van der Waals surface area contributed by atoms with Gasteiger partial charge in [-0.25, -0.2) is 8.42 Å². The highest BCUT2D eigenvalue weighted by Gasteiger charge is 2.34. The molecular formula is C23H23N3O4S2. The van der Waals surface area contributed by atoms with Gasteiger partial charge in [0.1, 0.15) is 4.21 Å². The van der Waals surface area contributed by atoms with Crippen molar-refractivity contribution in [3.63, 3.8) is 0 Å². The monoisotopic (exact) mass is 469 g/mol. The van der Waals surface area contributed by atoms with Gasteiger partial charge >= 0.3 is 0 Å². The molecule has 0 spiro atoms. The summed E-state index contributed by atoms with van der Waals surface area (Å²) in [6.07, 6.45) is 1.26. The summed E-state index contributed by atoms with van der Waals surface area (Å²) in [6, 6.07) is 12.5. The van der Waals surface area contributed by atoms with Crippen molar-refractivity contribution in [2.24, 2.45) is 5.92 Å². The molecule has 7 nitrogen and oxygen atoms in total. The van der Waals surface area contributed by atoms with E-state index in [1.807, 2.05) is 37.3 Å². The highest BCUT2D eigenvalue weighted by molar-refractivity contribution is 7.91. The van der Waals surface area contributed by atoms with Gasteiger partial charge in [-0.1, -0.05) is 18.2 Å². The summed E-state index contributed by atoms with van der Waals surface area (Å²) in [4.78, 5) is 27.6. The molecule has 1 saturated heterocycles. The van der Waals surface area contributed by atoms with Crippen LogP contribution in [0.2, 0.25) is 0 Å². The Morgan fingerprint density at radius 2 is 2.03 bits per heavy atom. The molecule has 0 bridgehead atoms. The number of rotatable bonds is 5. The number of nitrogens with one attached hydrogen (secondary N) is 1. The highest BCUT2D eigenvalue weighted by atomic mass is 32.2. The van der Waals surface area contributed by atoms with Crippen molar-refractivity contribution < 1.29 is 18.0 Å². The number of anilines is 2. The van der Waals surface area contributed by atoms with Crippen molar-refractivity contribution in [2.75, 3.05) is 29.9 Å². The molecule has 1 fully saturated rings. The average molecular weight is 470 g/mol. The van der Waals surface area contributed by atoms with Crippen LogP contribution in [0.25, 0.3) is 10.8 Å². The van der Waals surface area contributed by atoms with Crippen LogP contribution in [-0.4, -0.2) is 44.2 Å². The van der Waals surface area contributed by atoms with Gasteiger partial charge in [0.2, 0.25) is 5.91 Å². The summed E-state index contributed by atoms with van der Waals surface area (Å²) in [5.74, 6) is -0.665. The summed E-state index contributed by atoms with van der Waals surface area (Å²) in [5, 5.41) is 6.41. The van der Waals surface area contributed by atoms with Crippen LogP contribution in [0, 0.1) is 5.92 Å². The number of carbonyl (C=O) groups is 2. The number of piperidine rings is 1. The van der Waals surface area contributed by atoms with Crippen LogP contribution in [0.3, 0.4) is 0 Å². The molecule has 166 valence electrons. The largest absolute Gasteiger partial charge is 0.325 e. The molecule has 2 amide bonds.